The Hall–Kier alpha value is -3.36. The third-order valence-electron chi connectivity index (χ3n) is 5.22. The number of hydrogen-bond donors (Lipinski definition) is 1. The van der Waals surface area contributed by atoms with Crippen molar-refractivity contribution in [3.63, 3.8) is 0 Å². The minimum Gasteiger partial charge on any atom is -0.459 e. The van der Waals surface area contributed by atoms with Crippen molar-refractivity contribution in [3.05, 3.63) is 95.0 Å². The molecule has 32 heavy (non-hydrogen) atoms. The first-order valence-electron chi connectivity index (χ1n) is 9.69. The highest BCUT2D eigenvalue weighted by Gasteiger charge is 2.51. The van der Waals surface area contributed by atoms with Gasteiger partial charge in [0.1, 0.15) is 6.61 Å². The molecule has 2 N–H and O–H groups in total. The SMILES string of the molecule is NC(=O)C1c2ccccc2N(S(=O)(=O)c2ccc(Cl)cc2)C1C(=O)OCc1ccccc1. The van der Waals surface area contributed by atoms with Crippen molar-refractivity contribution in [1.82, 2.24) is 0 Å². The van der Waals surface area contributed by atoms with Crippen molar-refractivity contribution in [3.8, 4) is 0 Å². The number of carbonyl (C=O) groups excluding carboxylic acids is 2. The van der Waals surface area contributed by atoms with Crippen LogP contribution in [0.5, 0.6) is 0 Å². The molecule has 2 atom stereocenters. The number of carbonyl (C=O) groups is 2. The molecule has 1 amide bonds. The fourth-order valence-electron chi connectivity index (χ4n) is 3.76. The van der Waals surface area contributed by atoms with Gasteiger partial charge in [0, 0.05) is 5.02 Å². The quantitative estimate of drug-likeness (QED) is 0.556. The molecule has 1 heterocycles. The maximum absolute atomic E-state index is 13.6. The number of esters is 1. The van der Waals surface area contributed by atoms with Crippen molar-refractivity contribution < 1.29 is 22.7 Å². The van der Waals surface area contributed by atoms with E-state index in [9.17, 15) is 18.0 Å². The molecule has 7 nitrogen and oxygen atoms in total. The second-order valence-corrected chi connectivity index (χ2v) is 9.48. The lowest BCUT2D eigenvalue weighted by Gasteiger charge is -2.27. The Kier molecular flexibility index (Phi) is 5.90. The molecule has 4 rings (SSSR count). The van der Waals surface area contributed by atoms with E-state index in [2.05, 4.69) is 0 Å². The standard InChI is InChI=1S/C23H19ClN2O5S/c24-16-10-12-17(13-11-16)32(29,30)26-19-9-5-4-8-18(19)20(22(25)27)21(26)23(28)31-14-15-6-2-1-3-7-15/h1-13,20-21H,14H2,(H2,25,27). The van der Waals surface area contributed by atoms with Gasteiger partial charge in [-0.15, -0.1) is 0 Å². The van der Waals surface area contributed by atoms with Crippen LogP contribution in [0.25, 0.3) is 0 Å². The predicted molar refractivity (Wildman–Crippen MR) is 120 cm³/mol. The van der Waals surface area contributed by atoms with Gasteiger partial charge in [-0.2, -0.15) is 0 Å². The van der Waals surface area contributed by atoms with Crippen LogP contribution in [0.2, 0.25) is 5.02 Å². The molecule has 0 bridgehead atoms. The summed E-state index contributed by atoms with van der Waals surface area (Å²) < 4.78 is 33.5. The minimum absolute atomic E-state index is 0.0766. The first-order chi connectivity index (χ1) is 15.3. The van der Waals surface area contributed by atoms with Crippen LogP contribution in [0.3, 0.4) is 0 Å². The molecule has 0 aliphatic carbocycles. The summed E-state index contributed by atoms with van der Waals surface area (Å²) >= 11 is 5.90. The van der Waals surface area contributed by atoms with Crippen LogP contribution in [0.4, 0.5) is 5.69 Å². The maximum Gasteiger partial charge on any atom is 0.331 e. The Labute approximate surface area is 190 Å². The number of rotatable bonds is 6. The van der Waals surface area contributed by atoms with Crippen molar-refractivity contribution in [1.29, 1.82) is 0 Å². The normalized spacial score (nSPS) is 17.6. The molecule has 9 heteroatoms. The van der Waals surface area contributed by atoms with E-state index in [0.717, 1.165) is 9.87 Å². The highest BCUT2D eigenvalue weighted by Crippen LogP contribution is 2.44. The average molecular weight is 471 g/mol. The van der Waals surface area contributed by atoms with Crippen LogP contribution in [0.15, 0.2) is 83.8 Å². The number of fused-ring (bicyclic) bond motifs is 1. The topological polar surface area (TPSA) is 107 Å². The molecule has 2 unspecified atom stereocenters. The van der Waals surface area contributed by atoms with Crippen LogP contribution in [-0.4, -0.2) is 26.3 Å². The van der Waals surface area contributed by atoms with E-state index < -0.39 is 33.9 Å². The van der Waals surface area contributed by atoms with Gasteiger partial charge < -0.3 is 10.5 Å². The summed E-state index contributed by atoms with van der Waals surface area (Å²) in [6.45, 7) is -0.0766. The number of hydrogen-bond acceptors (Lipinski definition) is 5. The molecule has 0 saturated heterocycles. The van der Waals surface area contributed by atoms with Crippen molar-refractivity contribution in [2.24, 2.45) is 5.73 Å². The van der Waals surface area contributed by atoms with E-state index in [1.165, 1.54) is 30.3 Å². The number of benzene rings is 3. The Bertz CT molecular complexity index is 1260. The minimum atomic E-state index is -4.25. The van der Waals surface area contributed by atoms with Gasteiger partial charge >= 0.3 is 5.97 Å². The molecular weight excluding hydrogens is 452 g/mol. The van der Waals surface area contributed by atoms with Gasteiger partial charge in [0.2, 0.25) is 5.91 Å². The molecule has 3 aromatic carbocycles. The summed E-state index contributed by atoms with van der Waals surface area (Å²) in [5, 5.41) is 0.361. The first-order valence-corrected chi connectivity index (χ1v) is 11.5. The molecule has 0 radical (unpaired) electrons. The lowest BCUT2D eigenvalue weighted by molar-refractivity contribution is -0.148. The van der Waals surface area contributed by atoms with Crippen LogP contribution in [-0.2, 0) is 31.0 Å². The fourth-order valence-corrected chi connectivity index (χ4v) is 5.53. The molecule has 1 aliphatic heterocycles. The van der Waals surface area contributed by atoms with Crippen LogP contribution in [0.1, 0.15) is 17.0 Å². The van der Waals surface area contributed by atoms with Gasteiger partial charge in [-0.25, -0.2) is 13.2 Å². The smallest absolute Gasteiger partial charge is 0.331 e. The molecule has 0 aromatic heterocycles. The summed E-state index contributed by atoms with van der Waals surface area (Å²) in [6, 6.07) is 19.4. The first kappa shape index (κ1) is 21.9. The van der Waals surface area contributed by atoms with Gasteiger partial charge in [0.05, 0.1) is 16.5 Å². The molecule has 164 valence electrons. The van der Waals surface area contributed by atoms with Crippen molar-refractivity contribution in [2.45, 2.75) is 23.5 Å². The molecule has 0 fully saturated rings. The van der Waals surface area contributed by atoms with E-state index >= 15 is 0 Å². The van der Waals surface area contributed by atoms with E-state index in [1.54, 1.807) is 42.5 Å². The Balaban J connectivity index is 1.78. The molecular formula is C23H19ClN2O5S. The summed E-state index contributed by atoms with van der Waals surface area (Å²) in [4.78, 5) is 25.5. The number of anilines is 1. The number of para-hydroxylation sites is 1. The van der Waals surface area contributed by atoms with E-state index in [1.807, 2.05) is 6.07 Å². The van der Waals surface area contributed by atoms with E-state index in [0.29, 0.717) is 10.6 Å². The number of primary amides is 1. The highest BCUT2D eigenvalue weighted by molar-refractivity contribution is 7.93. The largest absolute Gasteiger partial charge is 0.459 e. The van der Waals surface area contributed by atoms with E-state index in [4.69, 9.17) is 22.1 Å². The number of nitrogens with zero attached hydrogens (tertiary/aromatic N) is 1. The average Bonchev–Trinajstić information content (AvgIpc) is 3.15. The van der Waals surface area contributed by atoms with Gasteiger partial charge in [-0.3, -0.25) is 9.10 Å². The predicted octanol–water partition coefficient (Wildman–Crippen LogP) is 3.23. The summed E-state index contributed by atoms with van der Waals surface area (Å²) in [5.41, 5.74) is 6.90. The Morgan fingerprint density at radius 3 is 2.22 bits per heavy atom. The fraction of sp³-hybridized carbons (Fsp3) is 0.130. The Morgan fingerprint density at radius 1 is 0.938 bits per heavy atom. The molecule has 0 saturated carbocycles. The van der Waals surface area contributed by atoms with Crippen LogP contribution < -0.4 is 10.0 Å². The molecule has 3 aromatic rings. The Morgan fingerprint density at radius 2 is 1.56 bits per heavy atom. The van der Waals surface area contributed by atoms with Gasteiger partial charge in [-0.05, 0) is 41.5 Å². The number of halogens is 1. The van der Waals surface area contributed by atoms with Gasteiger partial charge in [0.25, 0.3) is 10.0 Å². The second kappa shape index (κ2) is 8.64. The monoisotopic (exact) mass is 470 g/mol. The lowest BCUT2D eigenvalue weighted by atomic mass is 9.94. The van der Waals surface area contributed by atoms with Gasteiger partial charge in [-0.1, -0.05) is 60.1 Å². The number of ether oxygens (including phenoxy) is 1. The highest BCUT2D eigenvalue weighted by atomic mass is 35.5. The number of nitrogens with two attached hydrogens (primary N) is 1. The third kappa shape index (κ3) is 3.94. The molecule has 0 spiro atoms. The lowest BCUT2D eigenvalue weighted by Crippen LogP contribution is -2.48. The number of sulfonamides is 1. The van der Waals surface area contributed by atoms with Crippen molar-refractivity contribution >= 4 is 39.2 Å². The summed E-state index contributed by atoms with van der Waals surface area (Å²) in [5.74, 6) is -2.89. The summed E-state index contributed by atoms with van der Waals surface area (Å²) in [7, 11) is -4.25. The third-order valence-corrected chi connectivity index (χ3v) is 7.28. The maximum atomic E-state index is 13.6. The zero-order valence-corrected chi connectivity index (χ0v) is 18.3. The van der Waals surface area contributed by atoms with Crippen LogP contribution >= 0.6 is 11.6 Å². The molecule has 1 aliphatic rings. The van der Waals surface area contributed by atoms with Gasteiger partial charge in [0.15, 0.2) is 6.04 Å². The zero-order valence-electron chi connectivity index (χ0n) is 16.7. The second-order valence-electron chi connectivity index (χ2n) is 7.23. The summed E-state index contributed by atoms with van der Waals surface area (Å²) in [6.07, 6.45) is 0. The van der Waals surface area contributed by atoms with Crippen LogP contribution in [0, 0.1) is 0 Å². The zero-order chi connectivity index (χ0) is 22.9. The van der Waals surface area contributed by atoms with E-state index in [-0.39, 0.29) is 17.2 Å². The number of amides is 1. The van der Waals surface area contributed by atoms with Crippen molar-refractivity contribution in [2.75, 3.05) is 4.31 Å².